The zero-order valence-electron chi connectivity index (χ0n) is 15.0. The van der Waals surface area contributed by atoms with Crippen molar-refractivity contribution in [1.29, 1.82) is 0 Å². The lowest BCUT2D eigenvalue weighted by molar-refractivity contribution is -0.124. The Kier molecular flexibility index (Phi) is 5.65. The Hall–Kier alpha value is -1.88. The maximum atomic E-state index is 12.3. The fourth-order valence-corrected chi connectivity index (χ4v) is 3.20. The molecule has 1 heterocycles. The fraction of sp³-hybridized carbons (Fsp3) is 0.579. The van der Waals surface area contributed by atoms with E-state index in [0.29, 0.717) is 13.0 Å². The molecule has 0 bridgehead atoms. The highest BCUT2D eigenvalue weighted by atomic mass is 16.3. The number of aryl methyl sites for hydroxylation is 1. The van der Waals surface area contributed by atoms with Gasteiger partial charge in [0.05, 0.1) is 6.10 Å². The molecule has 0 spiro atoms. The molecule has 2 N–H and O–H groups in total. The molecule has 1 aliphatic heterocycles. The number of hydrogen-bond acceptors (Lipinski definition) is 3. The van der Waals surface area contributed by atoms with Crippen LogP contribution in [0, 0.1) is 11.3 Å². The molecule has 0 saturated heterocycles. The average Bonchev–Trinajstić information content (AvgIpc) is 2.55. The molecule has 132 valence electrons. The number of aliphatic hydroxyl groups excluding tert-OH is 1. The van der Waals surface area contributed by atoms with Crippen molar-refractivity contribution in [2.24, 2.45) is 11.3 Å². The largest absolute Gasteiger partial charge is 0.392 e. The van der Waals surface area contributed by atoms with Crippen LogP contribution in [0.2, 0.25) is 0 Å². The van der Waals surface area contributed by atoms with Crippen molar-refractivity contribution in [2.45, 2.75) is 46.6 Å². The fourth-order valence-electron chi connectivity index (χ4n) is 3.20. The first kappa shape index (κ1) is 18.5. The van der Waals surface area contributed by atoms with Gasteiger partial charge < -0.3 is 15.3 Å². The van der Waals surface area contributed by atoms with Gasteiger partial charge in [-0.15, -0.1) is 0 Å². The number of carbonyl (C=O) groups excluding carboxylic acids is 2. The first-order chi connectivity index (χ1) is 11.2. The summed E-state index contributed by atoms with van der Waals surface area (Å²) in [6.45, 7) is 8.16. The summed E-state index contributed by atoms with van der Waals surface area (Å²) in [4.78, 5) is 26.1. The molecule has 24 heavy (non-hydrogen) atoms. The van der Waals surface area contributed by atoms with Gasteiger partial charge in [0.15, 0.2) is 0 Å². The van der Waals surface area contributed by atoms with Crippen LogP contribution in [-0.4, -0.2) is 36.1 Å². The second-order valence-electron chi connectivity index (χ2n) is 7.56. The van der Waals surface area contributed by atoms with Crippen molar-refractivity contribution in [1.82, 2.24) is 5.32 Å². The predicted molar refractivity (Wildman–Crippen MR) is 94.8 cm³/mol. The summed E-state index contributed by atoms with van der Waals surface area (Å²) in [6.07, 6.45) is 0.651. The molecule has 0 saturated carbocycles. The van der Waals surface area contributed by atoms with Crippen LogP contribution in [0.25, 0.3) is 0 Å². The zero-order valence-corrected chi connectivity index (χ0v) is 15.0. The SMILES string of the molecule is CC(C)C(O)C(C)(C)CNC(=O)CN1C(=O)CCc2ccccc21. The lowest BCUT2D eigenvalue weighted by Crippen LogP contribution is -2.48. The van der Waals surface area contributed by atoms with E-state index in [4.69, 9.17) is 0 Å². The van der Waals surface area contributed by atoms with E-state index < -0.39 is 11.5 Å². The Labute approximate surface area is 144 Å². The van der Waals surface area contributed by atoms with Crippen LogP contribution >= 0.6 is 0 Å². The highest BCUT2D eigenvalue weighted by molar-refractivity contribution is 6.00. The minimum absolute atomic E-state index is 0.0176. The molecule has 0 radical (unpaired) electrons. The van der Waals surface area contributed by atoms with Crippen molar-refractivity contribution >= 4 is 17.5 Å². The molecule has 2 rings (SSSR count). The number of nitrogens with one attached hydrogen (secondary N) is 1. The summed E-state index contributed by atoms with van der Waals surface area (Å²) in [5.74, 6) is -0.109. The van der Waals surface area contributed by atoms with Gasteiger partial charge in [-0.2, -0.15) is 0 Å². The Bertz CT molecular complexity index is 610. The topological polar surface area (TPSA) is 69.6 Å². The second-order valence-corrected chi connectivity index (χ2v) is 7.56. The summed E-state index contributed by atoms with van der Waals surface area (Å²) < 4.78 is 0. The molecule has 2 amide bonds. The number of para-hydroxylation sites is 1. The number of nitrogens with zero attached hydrogens (tertiary/aromatic N) is 1. The number of rotatable bonds is 6. The molecule has 1 atom stereocenters. The van der Waals surface area contributed by atoms with E-state index in [2.05, 4.69) is 5.32 Å². The smallest absolute Gasteiger partial charge is 0.240 e. The molecule has 1 aromatic rings. The second kappa shape index (κ2) is 7.34. The van der Waals surface area contributed by atoms with Crippen molar-refractivity contribution in [3.8, 4) is 0 Å². The molecule has 1 aromatic carbocycles. The number of aliphatic hydroxyl groups is 1. The summed E-state index contributed by atoms with van der Waals surface area (Å²) >= 11 is 0. The van der Waals surface area contributed by atoms with Gasteiger partial charge in [-0.05, 0) is 24.0 Å². The van der Waals surface area contributed by atoms with Crippen LogP contribution in [0.5, 0.6) is 0 Å². The minimum atomic E-state index is -0.504. The van der Waals surface area contributed by atoms with Gasteiger partial charge in [-0.3, -0.25) is 9.59 Å². The molecular weight excluding hydrogens is 304 g/mol. The van der Waals surface area contributed by atoms with E-state index in [0.717, 1.165) is 17.7 Å². The molecular formula is C19H28N2O3. The molecule has 1 unspecified atom stereocenters. The summed E-state index contributed by atoms with van der Waals surface area (Å²) in [6, 6.07) is 7.70. The Morgan fingerprint density at radius 2 is 1.96 bits per heavy atom. The highest BCUT2D eigenvalue weighted by Crippen LogP contribution is 2.27. The molecule has 5 heteroatoms. The predicted octanol–water partition coefficient (Wildman–Crippen LogP) is 2.13. The van der Waals surface area contributed by atoms with Crippen molar-refractivity contribution in [3.63, 3.8) is 0 Å². The number of fused-ring (bicyclic) bond motifs is 1. The maximum Gasteiger partial charge on any atom is 0.240 e. The Morgan fingerprint density at radius 3 is 2.62 bits per heavy atom. The number of hydrogen-bond donors (Lipinski definition) is 2. The van der Waals surface area contributed by atoms with Gasteiger partial charge in [-0.25, -0.2) is 0 Å². The van der Waals surface area contributed by atoms with E-state index in [1.165, 1.54) is 0 Å². The number of carbonyl (C=O) groups is 2. The molecule has 0 fully saturated rings. The minimum Gasteiger partial charge on any atom is -0.392 e. The Morgan fingerprint density at radius 1 is 1.29 bits per heavy atom. The summed E-state index contributed by atoms with van der Waals surface area (Å²) in [5, 5.41) is 13.1. The van der Waals surface area contributed by atoms with Gasteiger partial charge in [0.25, 0.3) is 0 Å². The Balaban J connectivity index is 1.99. The third-order valence-corrected chi connectivity index (χ3v) is 4.67. The molecule has 0 aromatic heterocycles. The van der Waals surface area contributed by atoms with Crippen LogP contribution in [0.15, 0.2) is 24.3 Å². The van der Waals surface area contributed by atoms with Crippen LogP contribution < -0.4 is 10.2 Å². The highest BCUT2D eigenvalue weighted by Gasteiger charge is 2.31. The van der Waals surface area contributed by atoms with Gasteiger partial charge in [0.1, 0.15) is 6.54 Å². The average molecular weight is 332 g/mol. The quantitative estimate of drug-likeness (QED) is 0.838. The maximum absolute atomic E-state index is 12.3. The lowest BCUT2D eigenvalue weighted by atomic mass is 9.81. The van der Waals surface area contributed by atoms with E-state index >= 15 is 0 Å². The van der Waals surface area contributed by atoms with E-state index in [-0.39, 0.29) is 24.3 Å². The lowest BCUT2D eigenvalue weighted by Gasteiger charge is -2.34. The van der Waals surface area contributed by atoms with Crippen molar-refractivity contribution in [2.75, 3.05) is 18.0 Å². The van der Waals surface area contributed by atoms with E-state index in [1.807, 2.05) is 52.0 Å². The molecule has 1 aliphatic rings. The van der Waals surface area contributed by atoms with Crippen LogP contribution in [-0.2, 0) is 16.0 Å². The van der Waals surface area contributed by atoms with E-state index in [9.17, 15) is 14.7 Å². The van der Waals surface area contributed by atoms with Crippen molar-refractivity contribution < 1.29 is 14.7 Å². The van der Waals surface area contributed by atoms with Gasteiger partial charge >= 0.3 is 0 Å². The third-order valence-electron chi connectivity index (χ3n) is 4.67. The van der Waals surface area contributed by atoms with E-state index in [1.54, 1.807) is 4.90 Å². The molecule has 0 aliphatic carbocycles. The number of anilines is 1. The van der Waals surface area contributed by atoms with Crippen molar-refractivity contribution in [3.05, 3.63) is 29.8 Å². The standard InChI is InChI=1S/C19H28N2O3/c1-13(2)18(24)19(3,4)12-20-16(22)11-21-15-8-6-5-7-14(15)9-10-17(21)23/h5-8,13,18,24H,9-12H2,1-4H3,(H,20,22). The number of amides is 2. The number of benzene rings is 1. The third kappa shape index (κ3) is 4.15. The normalized spacial score (nSPS) is 16.1. The van der Waals surface area contributed by atoms with Crippen LogP contribution in [0.3, 0.4) is 0 Å². The first-order valence-electron chi connectivity index (χ1n) is 8.55. The summed E-state index contributed by atoms with van der Waals surface area (Å²) in [5.41, 5.74) is 1.50. The summed E-state index contributed by atoms with van der Waals surface area (Å²) in [7, 11) is 0. The molecule has 5 nitrogen and oxygen atoms in total. The van der Waals surface area contributed by atoms with Gasteiger partial charge in [-0.1, -0.05) is 45.9 Å². The first-order valence-corrected chi connectivity index (χ1v) is 8.55. The monoisotopic (exact) mass is 332 g/mol. The van der Waals surface area contributed by atoms with Crippen LogP contribution in [0.4, 0.5) is 5.69 Å². The van der Waals surface area contributed by atoms with Crippen LogP contribution in [0.1, 0.15) is 39.7 Å². The zero-order chi connectivity index (χ0) is 17.9. The van der Waals surface area contributed by atoms with Gasteiger partial charge in [0, 0.05) is 24.1 Å². The van der Waals surface area contributed by atoms with Gasteiger partial charge in [0.2, 0.25) is 11.8 Å².